The van der Waals surface area contributed by atoms with Gasteiger partial charge in [0.25, 0.3) is 5.91 Å². The number of morpholine rings is 1. The minimum absolute atomic E-state index is 0.0623. The zero-order valence-electron chi connectivity index (χ0n) is 17.0. The Morgan fingerprint density at radius 2 is 1.93 bits per heavy atom. The maximum Gasteiger partial charge on any atom is 0.256 e. The normalized spacial score (nSPS) is 19.7. The summed E-state index contributed by atoms with van der Waals surface area (Å²) >= 11 is 1.70. The van der Waals surface area contributed by atoms with E-state index in [1.54, 1.807) is 35.2 Å². The number of benzene rings is 1. The summed E-state index contributed by atoms with van der Waals surface area (Å²) in [5.41, 5.74) is 1.14. The van der Waals surface area contributed by atoms with Crippen LogP contribution in [0.25, 0.3) is 10.4 Å². The van der Waals surface area contributed by atoms with E-state index >= 15 is 0 Å². The molecule has 1 aromatic heterocycles. The second kappa shape index (κ2) is 8.45. The largest absolute Gasteiger partial charge is 0.361 e. The van der Waals surface area contributed by atoms with Crippen LogP contribution in [0.5, 0.6) is 0 Å². The van der Waals surface area contributed by atoms with Crippen molar-refractivity contribution in [3.63, 3.8) is 0 Å². The second-order valence-corrected chi connectivity index (χ2v) is 8.76. The fraction of sp³-hybridized carbons (Fsp3) is 0.455. The Morgan fingerprint density at radius 3 is 2.50 bits per heavy atom. The first-order valence-electron chi connectivity index (χ1n) is 9.60. The number of rotatable bonds is 5. The summed E-state index contributed by atoms with van der Waals surface area (Å²) in [6.45, 7) is 4.95. The van der Waals surface area contributed by atoms with E-state index in [1.165, 1.54) is 4.88 Å². The highest BCUT2D eigenvalue weighted by atomic mass is 32.1. The van der Waals surface area contributed by atoms with E-state index in [0.717, 1.165) is 11.1 Å². The third-order valence-corrected chi connectivity index (χ3v) is 5.96. The molecule has 150 valence electrons. The molecule has 0 aliphatic carbocycles. The second-order valence-electron chi connectivity index (χ2n) is 7.81. The lowest BCUT2D eigenvalue weighted by molar-refractivity contribution is -0.173. The molecule has 5 nitrogen and oxygen atoms in total. The lowest BCUT2D eigenvalue weighted by Crippen LogP contribution is -2.62. The highest BCUT2D eigenvalue weighted by Gasteiger charge is 2.46. The number of hydrogen-bond acceptors (Lipinski definition) is 4. The molecule has 1 aliphatic heterocycles. The molecule has 2 heterocycles. The number of likely N-dealkylation sites (N-methyl/N-ethyl adjacent to an activating group) is 1. The molecule has 1 aromatic carbocycles. The Morgan fingerprint density at radius 1 is 1.21 bits per heavy atom. The molecular weight excluding hydrogens is 372 g/mol. The van der Waals surface area contributed by atoms with Crippen LogP contribution in [0.15, 0.2) is 41.8 Å². The molecule has 0 unspecified atom stereocenters. The Kier molecular flexibility index (Phi) is 6.20. The van der Waals surface area contributed by atoms with Gasteiger partial charge in [0.1, 0.15) is 0 Å². The van der Waals surface area contributed by atoms with Gasteiger partial charge in [0, 0.05) is 37.9 Å². The van der Waals surface area contributed by atoms with E-state index < -0.39 is 5.60 Å². The molecule has 28 heavy (non-hydrogen) atoms. The number of carbonyl (C=O) groups excluding carboxylic acids is 2. The lowest BCUT2D eigenvalue weighted by atomic mass is 9.90. The summed E-state index contributed by atoms with van der Waals surface area (Å²) in [6.07, 6.45) is 0.441. The first-order valence-corrected chi connectivity index (χ1v) is 10.5. The molecule has 0 saturated carbocycles. The Hall–Kier alpha value is -2.18. The highest BCUT2D eigenvalue weighted by Crippen LogP contribution is 2.29. The monoisotopic (exact) mass is 400 g/mol. The van der Waals surface area contributed by atoms with Gasteiger partial charge in [-0.1, -0.05) is 44.2 Å². The van der Waals surface area contributed by atoms with Gasteiger partial charge in [-0.3, -0.25) is 9.59 Å². The van der Waals surface area contributed by atoms with Crippen LogP contribution in [0, 0.1) is 5.92 Å². The van der Waals surface area contributed by atoms with Crippen molar-refractivity contribution in [1.82, 2.24) is 9.80 Å². The van der Waals surface area contributed by atoms with Crippen LogP contribution < -0.4 is 0 Å². The fourth-order valence-electron chi connectivity index (χ4n) is 3.62. The van der Waals surface area contributed by atoms with Crippen molar-refractivity contribution in [3.05, 3.63) is 47.3 Å². The highest BCUT2D eigenvalue weighted by molar-refractivity contribution is 7.13. The predicted molar refractivity (Wildman–Crippen MR) is 112 cm³/mol. The van der Waals surface area contributed by atoms with E-state index in [4.69, 9.17) is 4.74 Å². The van der Waals surface area contributed by atoms with Crippen LogP contribution in [-0.2, 0) is 20.7 Å². The van der Waals surface area contributed by atoms with Gasteiger partial charge in [0.15, 0.2) is 5.60 Å². The van der Waals surface area contributed by atoms with Crippen molar-refractivity contribution in [2.75, 3.05) is 33.8 Å². The summed E-state index contributed by atoms with van der Waals surface area (Å²) in [4.78, 5) is 30.2. The Balaban J connectivity index is 1.86. The van der Waals surface area contributed by atoms with Crippen LogP contribution in [0.1, 0.15) is 19.4 Å². The fourth-order valence-corrected chi connectivity index (χ4v) is 4.35. The molecule has 2 amide bonds. The molecule has 1 aliphatic rings. The van der Waals surface area contributed by atoms with Gasteiger partial charge in [-0.05, 0) is 22.6 Å². The number of ether oxygens (including phenoxy) is 1. The maximum absolute atomic E-state index is 13.1. The van der Waals surface area contributed by atoms with Crippen LogP contribution >= 0.6 is 11.3 Å². The molecule has 1 atom stereocenters. The average molecular weight is 401 g/mol. The third-order valence-electron chi connectivity index (χ3n) is 5.04. The molecule has 2 aromatic rings. The molecule has 3 rings (SSSR count). The summed E-state index contributed by atoms with van der Waals surface area (Å²) in [5, 5.41) is 2.06. The lowest BCUT2D eigenvalue weighted by Gasteiger charge is -2.43. The van der Waals surface area contributed by atoms with Crippen LogP contribution in [-0.4, -0.2) is 61.0 Å². The molecule has 1 fully saturated rings. The molecule has 0 N–H and O–H groups in total. The quantitative estimate of drug-likeness (QED) is 0.774. The van der Waals surface area contributed by atoms with E-state index in [1.807, 2.05) is 32.0 Å². The summed E-state index contributed by atoms with van der Waals surface area (Å²) in [7, 11) is 3.47. The zero-order valence-corrected chi connectivity index (χ0v) is 17.8. The topological polar surface area (TPSA) is 49.9 Å². The molecule has 0 spiro atoms. The number of thiophene rings is 1. The molecule has 6 heteroatoms. The van der Waals surface area contributed by atoms with Crippen molar-refractivity contribution in [1.29, 1.82) is 0 Å². The van der Waals surface area contributed by atoms with Gasteiger partial charge in [-0.15, -0.1) is 11.3 Å². The van der Waals surface area contributed by atoms with Crippen LogP contribution in [0.4, 0.5) is 0 Å². The van der Waals surface area contributed by atoms with Crippen molar-refractivity contribution in [3.8, 4) is 10.4 Å². The van der Waals surface area contributed by atoms with Crippen LogP contribution in [0.3, 0.4) is 0 Å². The third kappa shape index (κ3) is 4.28. The van der Waals surface area contributed by atoms with E-state index in [9.17, 15) is 9.59 Å². The predicted octanol–water partition coefficient (Wildman–Crippen LogP) is 3.30. The smallest absolute Gasteiger partial charge is 0.256 e. The van der Waals surface area contributed by atoms with Crippen LogP contribution in [0.2, 0.25) is 0 Å². The van der Waals surface area contributed by atoms with Gasteiger partial charge in [0.05, 0.1) is 13.2 Å². The minimum Gasteiger partial charge on any atom is -0.361 e. The number of hydrogen-bond donors (Lipinski definition) is 0. The van der Waals surface area contributed by atoms with Gasteiger partial charge >= 0.3 is 0 Å². The van der Waals surface area contributed by atoms with Gasteiger partial charge in [-0.2, -0.15) is 0 Å². The van der Waals surface area contributed by atoms with Gasteiger partial charge < -0.3 is 14.5 Å². The average Bonchev–Trinajstić information content (AvgIpc) is 3.22. The SMILES string of the molecule is CC(C)C(=O)N1CCO[C@@](Cc2ccc(-c3cccs3)cc2)(C(=O)N(C)C)C1. The van der Waals surface area contributed by atoms with Crippen molar-refractivity contribution in [2.24, 2.45) is 5.92 Å². The van der Waals surface area contributed by atoms with Gasteiger partial charge in [-0.25, -0.2) is 0 Å². The molecule has 0 bridgehead atoms. The number of carbonyl (C=O) groups is 2. The van der Waals surface area contributed by atoms with Crippen molar-refractivity contribution in [2.45, 2.75) is 25.9 Å². The molecule has 0 radical (unpaired) electrons. The molecular formula is C22H28N2O3S. The van der Waals surface area contributed by atoms with Gasteiger partial charge in [0.2, 0.25) is 5.91 Å². The first kappa shape index (κ1) is 20.6. The maximum atomic E-state index is 13.1. The summed E-state index contributed by atoms with van der Waals surface area (Å²) < 4.78 is 6.07. The number of nitrogens with zero attached hydrogens (tertiary/aromatic N) is 2. The standard InChI is InChI=1S/C22H28N2O3S/c1-16(2)20(25)24-11-12-27-22(15-24,21(26)23(3)4)14-17-7-9-18(10-8-17)19-6-5-13-28-19/h5-10,13,16H,11-12,14-15H2,1-4H3/t22-/m1/s1. The van der Waals surface area contributed by atoms with E-state index in [0.29, 0.717) is 19.6 Å². The van der Waals surface area contributed by atoms with Crippen molar-refractivity contribution >= 4 is 23.2 Å². The summed E-state index contributed by atoms with van der Waals surface area (Å²) in [5.74, 6) is -0.140. The molecule has 1 saturated heterocycles. The first-order chi connectivity index (χ1) is 13.3. The van der Waals surface area contributed by atoms with Crippen molar-refractivity contribution < 1.29 is 14.3 Å². The van der Waals surface area contributed by atoms with E-state index in [-0.39, 0.29) is 24.3 Å². The minimum atomic E-state index is -1.04. The number of amides is 2. The Bertz CT molecular complexity index is 815. The van der Waals surface area contributed by atoms with E-state index in [2.05, 4.69) is 23.6 Å². The summed E-state index contributed by atoms with van der Waals surface area (Å²) in [6, 6.07) is 12.4. The Labute approximate surface area is 170 Å². The zero-order chi connectivity index (χ0) is 20.3.